The van der Waals surface area contributed by atoms with Crippen LogP contribution in [0.2, 0.25) is 0 Å². The highest BCUT2D eigenvalue weighted by Gasteiger charge is 2.11. The van der Waals surface area contributed by atoms with E-state index in [-0.39, 0.29) is 5.75 Å². The van der Waals surface area contributed by atoms with Crippen molar-refractivity contribution in [2.24, 2.45) is 0 Å². The average molecular weight is 187 g/mol. The maximum atomic E-state index is 9.71. The third-order valence-electron chi connectivity index (χ3n) is 2.49. The minimum Gasteiger partial charge on any atom is -0.506 e. The van der Waals surface area contributed by atoms with E-state index in [0.717, 1.165) is 21.9 Å². The molecule has 0 spiro atoms. The quantitative estimate of drug-likeness (QED) is 0.476. The van der Waals surface area contributed by atoms with Crippen molar-refractivity contribution in [2.45, 2.75) is 20.8 Å². The Morgan fingerprint density at radius 2 is 1.69 bits per heavy atom. The van der Waals surface area contributed by atoms with Crippen molar-refractivity contribution in [1.29, 1.82) is 0 Å². The Bertz CT molecular complexity index is 371. The number of aromatic hydroxyl groups is 1. The molecule has 0 saturated heterocycles. The Labute approximate surface area is 82.2 Å². The molecule has 3 radical (unpaired) electrons. The summed E-state index contributed by atoms with van der Waals surface area (Å²) in [5, 5.41) is 10.5. The molecule has 65 valence electrons. The third-order valence-corrected chi connectivity index (χ3v) is 3.11. The number of phenolic OH excluding ortho intramolecular Hbond substituents is 1. The number of hydrogen-bond donors (Lipinski definition) is 1. The Morgan fingerprint density at radius 3 is 2.15 bits per heavy atom. The highest BCUT2D eigenvalue weighted by molar-refractivity contribution is 6.35. The highest BCUT2D eigenvalue weighted by atomic mass is 28.1. The van der Waals surface area contributed by atoms with Crippen molar-refractivity contribution in [3.05, 3.63) is 22.3 Å². The third kappa shape index (κ3) is 1.36. The lowest BCUT2D eigenvalue weighted by molar-refractivity contribution is 0.469. The van der Waals surface area contributed by atoms with Crippen molar-refractivity contribution in [3.63, 3.8) is 0 Å². The largest absolute Gasteiger partial charge is 0.506 e. The van der Waals surface area contributed by atoms with E-state index < -0.39 is 0 Å². The van der Waals surface area contributed by atoms with Gasteiger partial charge in [-0.3, -0.25) is 0 Å². The van der Waals surface area contributed by atoms with Gasteiger partial charge < -0.3 is 5.11 Å². The van der Waals surface area contributed by atoms with Crippen LogP contribution in [0.1, 0.15) is 22.3 Å². The van der Waals surface area contributed by atoms with E-state index >= 15 is 0 Å². The minimum absolute atomic E-state index is 0.204. The standard InChI is InChI=1S/C11H11OSi/c1-5-9-10(12)7(3)6(2)8(4)11(9)13/h1,12H,2-4H3. The topological polar surface area (TPSA) is 20.2 Å². The van der Waals surface area contributed by atoms with Crippen molar-refractivity contribution >= 4 is 15.4 Å². The lowest BCUT2D eigenvalue weighted by atomic mass is 9.99. The van der Waals surface area contributed by atoms with Crippen molar-refractivity contribution in [2.75, 3.05) is 0 Å². The van der Waals surface area contributed by atoms with Gasteiger partial charge in [-0.25, -0.2) is 0 Å². The number of hydrogen-bond acceptors (Lipinski definition) is 1. The molecular weight excluding hydrogens is 176 g/mol. The van der Waals surface area contributed by atoms with E-state index in [9.17, 15) is 5.11 Å². The maximum Gasteiger partial charge on any atom is 0.134 e. The molecule has 0 saturated carbocycles. The summed E-state index contributed by atoms with van der Waals surface area (Å²) in [4.78, 5) is 0. The van der Waals surface area contributed by atoms with Gasteiger partial charge in [0.15, 0.2) is 0 Å². The van der Waals surface area contributed by atoms with Gasteiger partial charge in [-0.05, 0) is 42.6 Å². The molecule has 0 unspecified atom stereocenters. The second-order valence-corrected chi connectivity index (χ2v) is 3.62. The summed E-state index contributed by atoms with van der Waals surface area (Å²) in [6.07, 6.45) is 5.30. The van der Waals surface area contributed by atoms with E-state index in [2.05, 4.69) is 16.2 Å². The van der Waals surface area contributed by atoms with Crippen LogP contribution in [-0.4, -0.2) is 15.3 Å². The molecule has 1 N–H and O–H groups in total. The van der Waals surface area contributed by atoms with Gasteiger partial charge in [-0.2, -0.15) is 0 Å². The van der Waals surface area contributed by atoms with Gasteiger partial charge in [-0.1, -0.05) is 5.92 Å². The van der Waals surface area contributed by atoms with Crippen LogP contribution in [0.4, 0.5) is 0 Å². The molecule has 0 aliphatic heterocycles. The first-order valence-electron chi connectivity index (χ1n) is 4.01. The molecule has 0 heterocycles. The Kier molecular flexibility index (Phi) is 2.49. The fraction of sp³-hybridized carbons (Fsp3) is 0.273. The number of benzene rings is 1. The molecule has 0 atom stereocenters. The van der Waals surface area contributed by atoms with Crippen LogP contribution in [0.5, 0.6) is 5.75 Å². The fourth-order valence-corrected chi connectivity index (χ4v) is 1.66. The lowest BCUT2D eigenvalue weighted by Crippen LogP contribution is -2.15. The Balaban J connectivity index is 3.69. The van der Waals surface area contributed by atoms with Gasteiger partial charge in [0.2, 0.25) is 0 Å². The smallest absolute Gasteiger partial charge is 0.134 e. The SMILES string of the molecule is C#Cc1c(O)c(C)c(C)c(C)c1[Si]. The van der Waals surface area contributed by atoms with Crippen LogP contribution in [0, 0.1) is 33.1 Å². The lowest BCUT2D eigenvalue weighted by Gasteiger charge is -2.13. The first-order chi connectivity index (χ1) is 6.00. The summed E-state index contributed by atoms with van der Waals surface area (Å²) < 4.78 is 0. The minimum atomic E-state index is 0.204. The van der Waals surface area contributed by atoms with Gasteiger partial charge in [0, 0.05) is 0 Å². The van der Waals surface area contributed by atoms with Gasteiger partial charge >= 0.3 is 0 Å². The summed E-state index contributed by atoms with van der Waals surface area (Å²) in [6, 6.07) is 0. The Hall–Kier alpha value is -1.20. The first kappa shape index (κ1) is 9.88. The molecule has 0 aromatic heterocycles. The molecule has 1 rings (SSSR count). The van der Waals surface area contributed by atoms with Crippen molar-refractivity contribution in [3.8, 4) is 18.1 Å². The van der Waals surface area contributed by atoms with Gasteiger partial charge in [0.1, 0.15) is 5.75 Å². The maximum absolute atomic E-state index is 9.71. The predicted octanol–water partition coefficient (Wildman–Crippen LogP) is 1.09. The molecule has 1 aromatic rings. The number of rotatable bonds is 0. The molecule has 0 fully saturated rings. The van der Waals surface area contributed by atoms with E-state index in [1.165, 1.54) is 0 Å². The molecule has 0 aliphatic rings. The molecule has 2 heteroatoms. The number of phenols is 1. The normalized spacial score (nSPS) is 9.77. The first-order valence-corrected chi connectivity index (χ1v) is 4.51. The van der Waals surface area contributed by atoms with Crippen LogP contribution in [0.3, 0.4) is 0 Å². The second kappa shape index (κ2) is 3.27. The average Bonchev–Trinajstić information content (AvgIpc) is 2.13. The van der Waals surface area contributed by atoms with Crippen LogP contribution in [-0.2, 0) is 0 Å². The zero-order chi connectivity index (χ0) is 10.2. The van der Waals surface area contributed by atoms with Gasteiger partial charge in [-0.15, -0.1) is 6.42 Å². The van der Waals surface area contributed by atoms with Crippen molar-refractivity contribution in [1.82, 2.24) is 0 Å². The molecule has 1 nitrogen and oxygen atoms in total. The van der Waals surface area contributed by atoms with E-state index in [1.54, 1.807) is 0 Å². The van der Waals surface area contributed by atoms with Crippen LogP contribution in [0.25, 0.3) is 0 Å². The summed E-state index contributed by atoms with van der Waals surface area (Å²) in [5.74, 6) is 2.68. The van der Waals surface area contributed by atoms with E-state index in [4.69, 9.17) is 6.42 Å². The zero-order valence-electron chi connectivity index (χ0n) is 8.02. The molecule has 1 aromatic carbocycles. The summed E-state index contributed by atoms with van der Waals surface area (Å²) in [6.45, 7) is 5.81. The molecule has 0 aliphatic carbocycles. The van der Waals surface area contributed by atoms with Crippen molar-refractivity contribution < 1.29 is 5.11 Å². The highest BCUT2D eigenvalue weighted by Crippen LogP contribution is 2.24. The molecule has 0 bridgehead atoms. The van der Waals surface area contributed by atoms with E-state index in [0.29, 0.717) is 5.56 Å². The molecular formula is C11H11OSi. The summed E-state index contributed by atoms with van der Waals surface area (Å²) in [5.41, 5.74) is 3.55. The summed E-state index contributed by atoms with van der Waals surface area (Å²) in [7, 11) is 3.43. The zero-order valence-corrected chi connectivity index (χ0v) is 9.02. The van der Waals surface area contributed by atoms with Crippen LogP contribution >= 0.6 is 0 Å². The van der Waals surface area contributed by atoms with Gasteiger partial charge in [0.25, 0.3) is 0 Å². The predicted molar refractivity (Wildman–Crippen MR) is 55.6 cm³/mol. The second-order valence-electron chi connectivity index (χ2n) is 3.12. The van der Waals surface area contributed by atoms with Crippen LogP contribution < -0.4 is 5.19 Å². The molecule has 0 amide bonds. The van der Waals surface area contributed by atoms with E-state index in [1.807, 2.05) is 20.8 Å². The number of terminal acetylenes is 1. The monoisotopic (exact) mass is 187 g/mol. The summed E-state index contributed by atoms with van der Waals surface area (Å²) >= 11 is 0. The fourth-order valence-electron chi connectivity index (χ4n) is 1.28. The molecule has 13 heavy (non-hydrogen) atoms. The van der Waals surface area contributed by atoms with Gasteiger partial charge in [0.05, 0.1) is 15.8 Å². The van der Waals surface area contributed by atoms with Crippen LogP contribution in [0.15, 0.2) is 0 Å². The Morgan fingerprint density at radius 1 is 1.15 bits per heavy atom.